The Hall–Kier alpha value is -2.63. The molecule has 134 valence electrons. The summed E-state index contributed by atoms with van der Waals surface area (Å²) in [5.74, 6) is 0.0242. The summed E-state index contributed by atoms with van der Waals surface area (Å²) in [5, 5.41) is 4.00. The summed E-state index contributed by atoms with van der Waals surface area (Å²) in [6.45, 7) is 5.25. The minimum absolute atomic E-state index is 0.0941. The molecule has 0 aromatic heterocycles. The van der Waals surface area contributed by atoms with Crippen LogP contribution in [0.2, 0.25) is 0 Å². The minimum Gasteiger partial charge on any atom is -0.493 e. The van der Waals surface area contributed by atoms with Crippen molar-refractivity contribution in [3.8, 4) is 11.5 Å². The first-order valence-electron chi connectivity index (χ1n) is 8.27. The van der Waals surface area contributed by atoms with Gasteiger partial charge in [-0.05, 0) is 37.1 Å². The van der Waals surface area contributed by atoms with Crippen molar-refractivity contribution in [1.82, 2.24) is 0 Å². The average Bonchev–Trinajstić information content (AvgIpc) is 2.61. The van der Waals surface area contributed by atoms with E-state index in [0.717, 1.165) is 36.3 Å². The van der Waals surface area contributed by atoms with Crippen LogP contribution in [0.25, 0.3) is 0 Å². The molecule has 4 nitrogen and oxygen atoms in total. The highest BCUT2D eigenvalue weighted by Gasteiger charge is 2.06. The Morgan fingerprint density at radius 3 is 2.48 bits per heavy atom. The molecule has 0 unspecified atom stereocenters. The van der Waals surface area contributed by atoms with Crippen LogP contribution in [-0.2, 0) is 0 Å². The van der Waals surface area contributed by atoms with Crippen molar-refractivity contribution in [3.05, 3.63) is 53.6 Å². The molecule has 0 radical (unpaired) electrons. The molecule has 0 saturated carbocycles. The van der Waals surface area contributed by atoms with Gasteiger partial charge in [-0.1, -0.05) is 13.8 Å². The molecule has 0 aliphatic heterocycles. The molecule has 0 aliphatic carbocycles. The third-order valence-electron chi connectivity index (χ3n) is 3.24. The van der Waals surface area contributed by atoms with Gasteiger partial charge < -0.3 is 9.47 Å². The quantitative estimate of drug-likeness (QED) is 0.513. The number of halogens is 2. The van der Waals surface area contributed by atoms with Gasteiger partial charge in [-0.15, -0.1) is 0 Å². The van der Waals surface area contributed by atoms with E-state index in [1.165, 1.54) is 12.3 Å². The van der Waals surface area contributed by atoms with Gasteiger partial charge in [-0.3, -0.25) is 5.43 Å². The molecule has 0 atom stereocenters. The number of ether oxygens (including phenoxy) is 2. The molecule has 0 bridgehead atoms. The molecular formula is C19H22F2N2O2. The maximum absolute atomic E-state index is 13.6. The lowest BCUT2D eigenvalue weighted by molar-refractivity contribution is 0.301. The van der Waals surface area contributed by atoms with Crippen molar-refractivity contribution < 1.29 is 18.3 Å². The number of hydrogen-bond donors (Lipinski definition) is 1. The van der Waals surface area contributed by atoms with Gasteiger partial charge in [0.05, 0.1) is 25.1 Å². The van der Waals surface area contributed by atoms with Gasteiger partial charge in [0.25, 0.3) is 0 Å². The molecule has 2 aromatic rings. The van der Waals surface area contributed by atoms with Gasteiger partial charge in [0.15, 0.2) is 5.82 Å². The summed E-state index contributed by atoms with van der Waals surface area (Å²) < 4.78 is 37.8. The van der Waals surface area contributed by atoms with Crippen LogP contribution in [0.4, 0.5) is 14.5 Å². The first-order valence-corrected chi connectivity index (χ1v) is 8.27. The summed E-state index contributed by atoms with van der Waals surface area (Å²) >= 11 is 0. The predicted molar refractivity (Wildman–Crippen MR) is 95.6 cm³/mol. The number of nitrogens with zero attached hydrogens (tertiary/aromatic N) is 1. The van der Waals surface area contributed by atoms with Gasteiger partial charge in [-0.2, -0.15) is 5.10 Å². The Balaban J connectivity index is 2.12. The highest BCUT2D eigenvalue weighted by Crippen LogP contribution is 2.24. The van der Waals surface area contributed by atoms with E-state index in [9.17, 15) is 8.78 Å². The van der Waals surface area contributed by atoms with E-state index in [2.05, 4.69) is 10.5 Å². The number of hydrogen-bond acceptors (Lipinski definition) is 4. The standard InChI is InChI=1S/C19H22F2N2O2/c1-3-9-24-16-7-5-14(19(12-16)25-10-4-2)13-22-23-18-8-6-15(20)11-17(18)21/h5-8,11-13,23H,3-4,9-10H2,1-2H3. The van der Waals surface area contributed by atoms with Crippen LogP contribution >= 0.6 is 0 Å². The second-order valence-corrected chi connectivity index (χ2v) is 5.39. The van der Waals surface area contributed by atoms with Gasteiger partial charge in [-0.25, -0.2) is 8.78 Å². The number of nitrogens with one attached hydrogen (secondary N) is 1. The van der Waals surface area contributed by atoms with Gasteiger partial charge in [0.2, 0.25) is 0 Å². The van der Waals surface area contributed by atoms with Crippen molar-refractivity contribution in [2.75, 3.05) is 18.6 Å². The monoisotopic (exact) mass is 348 g/mol. The van der Waals surface area contributed by atoms with Crippen molar-refractivity contribution in [3.63, 3.8) is 0 Å². The molecule has 25 heavy (non-hydrogen) atoms. The second-order valence-electron chi connectivity index (χ2n) is 5.39. The van der Waals surface area contributed by atoms with Crippen LogP contribution in [0, 0.1) is 11.6 Å². The fraction of sp³-hybridized carbons (Fsp3) is 0.316. The lowest BCUT2D eigenvalue weighted by atomic mass is 10.2. The van der Waals surface area contributed by atoms with E-state index in [-0.39, 0.29) is 5.69 Å². The molecule has 0 amide bonds. The third kappa shape index (κ3) is 5.74. The van der Waals surface area contributed by atoms with Gasteiger partial charge in [0, 0.05) is 17.7 Å². The molecule has 0 fully saturated rings. The Morgan fingerprint density at radius 2 is 1.76 bits per heavy atom. The van der Waals surface area contributed by atoms with E-state index in [0.29, 0.717) is 19.0 Å². The zero-order valence-electron chi connectivity index (χ0n) is 14.4. The first kappa shape index (κ1) is 18.7. The predicted octanol–water partition coefficient (Wildman–Crippen LogP) is 4.99. The number of anilines is 1. The fourth-order valence-electron chi connectivity index (χ4n) is 2.02. The maximum atomic E-state index is 13.6. The summed E-state index contributed by atoms with van der Waals surface area (Å²) in [4.78, 5) is 0. The molecule has 0 saturated heterocycles. The first-order chi connectivity index (χ1) is 12.1. The molecular weight excluding hydrogens is 326 g/mol. The maximum Gasteiger partial charge on any atom is 0.151 e. The van der Waals surface area contributed by atoms with E-state index >= 15 is 0 Å². The highest BCUT2D eigenvalue weighted by molar-refractivity contribution is 5.84. The van der Waals surface area contributed by atoms with Crippen molar-refractivity contribution in [1.29, 1.82) is 0 Å². The average molecular weight is 348 g/mol. The zero-order valence-corrected chi connectivity index (χ0v) is 14.4. The number of hydrazone groups is 1. The van der Waals surface area contributed by atoms with Gasteiger partial charge in [0.1, 0.15) is 17.3 Å². The van der Waals surface area contributed by atoms with Crippen molar-refractivity contribution in [2.45, 2.75) is 26.7 Å². The van der Waals surface area contributed by atoms with E-state index < -0.39 is 11.6 Å². The Bertz CT molecular complexity index is 721. The highest BCUT2D eigenvalue weighted by atomic mass is 19.1. The molecule has 2 rings (SSSR count). The van der Waals surface area contributed by atoms with Crippen LogP contribution in [0.1, 0.15) is 32.3 Å². The Morgan fingerprint density at radius 1 is 1.00 bits per heavy atom. The van der Waals surface area contributed by atoms with Crippen LogP contribution in [0.5, 0.6) is 11.5 Å². The summed E-state index contributed by atoms with van der Waals surface area (Å²) in [6.07, 6.45) is 3.31. The van der Waals surface area contributed by atoms with Crippen LogP contribution in [0.15, 0.2) is 41.5 Å². The number of benzene rings is 2. The third-order valence-corrected chi connectivity index (χ3v) is 3.24. The summed E-state index contributed by atoms with van der Waals surface area (Å²) in [6, 6.07) is 8.71. The largest absolute Gasteiger partial charge is 0.493 e. The van der Waals surface area contributed by atoms with Crippen molar-refractivity contribution >= 4 is 11.9 Å². The van der Waals surface area contributed by atoms with E-state index in [1.807, 2.05) is 32.0 Å². The van der Waals surface area contributed by atoms with Crippen LogP contribution < -0.4 is 14.9 Å². The number of rotatable bonds is 9. The van der Waals surface area contributed by atoms with Crippen LogP contribution in [0.3, 0.4) is 0 Å². The lowest BCUT2D eigenvalue weighted by Crippen LogP contribution is -2.02. The summed E-state index contributed by atoms with van der Waals surface area (Å²) in [7, 11) is 0. The summed E-state index contributed by atoms with van der Waals surface area (Å²) in [5.41, 5.74) is 3.38. The molecule has 1 N–H and O–H groups in total. The fourth-order valence-corrected chi connectivity index (χ4v) is 2.02. The van der Waals surface area contributed by atoms with Gasteiger partial charge >= 0.3 is 0 Å². The van der Waals surface area contributed by atoms with Crippen LogP contribution in [-0.4, -0.2) is 19.4 Å². The SMILES string of the molecule is CCCOc1ccc(C=NNc2ccc(F)cc2F)c(OCCC)c1. The van der Waals surface area contributed by atoms with E-state index in [1.54, 1.807) is 0 Å². The zero-order chi connectivity index (χ0) is 18.1. The molecule has 0 heterocycles. The normalized spacial score (nSPS) is 10.9. The second kappa shape index (κ2) is 9.61. The smallest absolute Gasteiger partial charge is 0.151 e. The lowest BCUT2D eigenvalue weighted by Gasteiger charge is -2.11. The Kier molecular flexibility index (Phi) is 7.19. The van der Waals surface area contributed by atoms with E-state index in [4.69, 9.17) is 9.47 Å². The minimum atomic E-state index is -0.706. The molecule has 0 aliphatic rings. The molecule has 6 heteroatoms. The van der Waals surface area contributed by atoms with Crippen molar-refractivity contribution in [2.24, 2.45) is 5.10 Å². The topological polar surface area (TPSA) is 42.8 Å². The Labute approximate surface area is 146 Å². The molecule has 0 spiro atoms. The molecule has 2 aromatic carbocycles.